The number of benzene rings is 1. The summed E-state index contributed by atoms with van der Waals surface area (Å²) in [6.07, 6.45) is 2.05. The molecule has 3 N–H and O–H groups in total. The molecule has 1 unspecified atom stereocenters. The average Bonchev–Trinajstić information content (AvgIpc) is 2.81. The van der Waals surface area contributed by atoms with E-state index in [4.69, 9.17) is 10.2 Å². The number of sulfonamides is 1. The maximum atomic E-state index is 12.2. The lowest BCUT2D eigenvalue weighted by atomic mass is 10.2. The zero-order chi connectivity index (χ0) is 13.9. The first-order valence-corrected chi connectivity index (χ1v) is 7.36. The molecular formula is C13H16N2O3S. The molecule has 0 radical (unpaired) electrons. The Balaban J connectivity index is 2.11. The fraction of sp³-hybridized carbons (Fsp3) is 0.231. The zero-order valence-electron chi connectivity index (χ0n) is 10.5. The molecule has 0 aliphatic heterocycles. The lowest BCUT2D eigenvalue weighted by Gasteiger charge is -2.14. The fourth-order valence-electron chi connectivity index (χ4n) is 1.83. The maximum Gasteiger partial charge on any atom is 0.242 e. The van der Waals surface area contributed by atoms with Crippen LogP contribution in [-0.2, 0) is 16.4 Å². The Labute approximate surface area is 112 Å². The first-order chi connectivity index (χ1) is 8.99. The van der Waals surface area contributed by atoms with Gasteiger partial charge in [-0.3, -0.25) is 0 Å². The van der Waals surface area contributed by atoms with E-state index in [0.29, 0.717) is 6.42 Å². The third-order valence-corrected chi connectivity index (χ3v) is 4.32. The second-order valence-electron chi connectivity index (χ2n) is 4.34. The summed E-state index contributed by atoms with van der Waals surface area (Å²) >= 11 is 0. The van der Waals surface area contributed by atoms with Crippen LogP contribution in [-0.4, -0.2) is 14.5 Å². The predicted molar refractivity (Wildman–Crippen MR) is 73.0 cm³/mol. The molecule has 0 spiro atoms. The van der Waals surface area contributed by atoms with E-state index in [2.05, 4.69) is 4.72 Å². The van der Waals surface area contributed by atoms with Crippen molar-refractivity contribution in [1.29, 1.82) is 0 Å². The van der Waals surface area contributed by atoms with Crippen LogP contribution in [0.1, 0.15) is 12.7 Å². The van der Waals surface area contributed by atoms with Crippen LogP contribution >= 0.6 is 0 Å². The molecule has 1 aromatic carbocycles. The Morgan fingerprint density at radius 1 is 1.26 bits per heavy atom. The molecule has 0 bridgehead atoms. The summed E-state index contributed by atoms with van der Waals surface area (Å²) in [6, 6.07) is 9.68. The molecule has 0 fully saturated rings. The highest BCUT2D eigenvalue weighted by Crippen LogP contribution is 2.17. The van der Waals surface area contributed by atoms with Crippen molar-refractivity contribution in [2.24, 2.45) is 0 Å². The molecule has 0 aliphatic carbocycles. The van der Waals surface area contributed by atoms with Crippen LogP contribution in [0.3, 0.4) is 0 Å². The highest BCUT2D eigenvalue weighted by atomic mass is 32.2. The van der Waals surface area contributed by atoms with Crippen molar-refractivity contribution < 1.29 is 12.8 Å². The molecule has 1 heterocycles. The first kappa shape index (κ1) is 13.6. The summed E-state index contributed by atoms with van der Waals surface area (Å²) in [5.41, 5.74) is 5.92. The van der Waals surface area contributed by atoms with Gasteiger partial charge in [0, 0.05) is 12.5 Å². The molecular weight excluding hydrogens is 264 g/mol. The molecule has 0 amide bonds. The van der Waals surface area contributed by atoms with Crippen LogP contribution in [0.5, 0.6) is 0 Å². The Hall–Kier alpha value is -1.79. The Morgan fingerprint density at radius 3 is 2.63 bits per heavy atom. The molecule has 6 heteroatoms. The van der Waals surface area contributed by atoms with E-state index < -0.39 is 10.0 Å². The molecule has 102 valence electrons. The van der Waals surface area contributed by atoms with Gasteiger partial charge in [-0.25, -0.2) is 13.1 Å². The van der Waals surface area contributed by atoms with E-state index in [1.54, 1.807) is 37.5 Å². The van der Waals surface area contributed by atoms with Gasteiger partial charge in [-0.05, 0) is 31.2 Å². The van der Waals surface area contributed by atoms with Crippen molar-refractivity contribution in [3.63, 3.8) is 0 Å². The molecule has 2 rings (SSSR count). The Morgan fingerprint density at radius 2 is 2.00 bits per heavy atom. The molecule has 1 aromatic heterocycles. The fourth-order valence-corrected chi connectivity index (χ4v) is 3.20. The van der Waals surface area contributed by atoms with Gasteiger partial charge in [-0.15, -0.1) is 0 Å². The predicted octanol–water partition coefficient (Wildman–Crippen LogP) is 1.77. The molecule has 2 aromatic rings. The minimum atomic E-state index is -3.61. The van der Waals surface area contributed by atoms with E-state index in [1.165, 1.54) is 6.07 Å². The molecule has 0 aliphatic rings. The van der Waals surface area contributed by atoms with Gasteiger partial charge in [0.2, 0.25) is 10.0 Å². The number of hydrogen-bond acceptors (Lipinski definition) is 4. The van der Waals surface area contributed by atoms with Crippen LogP contribution in [0, 0.1) is 0 Å². The molecule has 0 saturated carbocycles. The smallest absolute Gasteiger partial charge is 0.242 e. The normalized spacial score (nSPS) is 13.3. The van der Waals surface area contributed by atoms with Gasteiger partial charge in [0.05, 0.1) is 12.0 Å². The minimum Gasteiger partial charge on any atom is -0.469 e. The van der Waals surface area contributed by atoms with Gasteiger partial charge in [-0.1, -0.05) is 12.1 Å². The number of furan rings is 1. The van der Waals surface area contributed by atoms with Crippen molar-refractivity contribution in [2.75, 3.05) is 5.73 Å². The SMILES string of the molecule is CC(Cc1ccco1)NS(=O)(=O)c1ccccc1N. The topological polar surface area (TPSA) is 85.3 Å². The lowest BCUT2D eigenvalue weighted by molar-refractivity contribution is 0.479. The van der Waals surface area contributed by atoms with Gasteiger partial charge in [0.15, 0.2) is 0 Å². The third kappa shape index (κ3) is 3.36. The van der Waals surface area contributed by atoms with Crippen molar-refractivity contribution in [1.82, 2.24) is 4.72 Å². The van der Waals surface area contributed by atoms with E-state index >= 15 is 0 Å². The monoisotopic (exact) mass is 280 g/mol. The number of rotatable bonds is 5. The van der Waals surface area contributed by atoms with Gasteiger partial charge in [0.25, 0.3) is 0 Å². The molecule has 0 saturated heterocycles. The summed E-state index contributed by atoms with van der Waals surface area (Å²) in [6.45, 7) is 1.78. The quantitative estimate of drug-likeness (QED) is 0.817. The minimum absolute atomic E-state index is 0.0984. The van der Waals surface area contributed by atoms with Crippen LogP contribution in [0.4, 0.5) is 5.69 Å². The summed E-state index contributed by atoms with van der Waals surface area (Å²) in [7, 11) is -3.61. The average molecular weight is 280 g/mol. The van der Waals surface area contributed by atoms with Gasteiger partial charge in [0.1, 0.15) is 10.7 Å². The van der Waals surface area contributed by atoms with Crippen LogP contribution in [0.25, 0.3) is 0 Å². The number of para-hydroxylation sites is 1. The van der Waals surface area contributed by atoms with E-state index in [0.717, 1.165) is 5.76 Å². The summed E-state index contributed by atoms with van der Waals surface area (Å²) in [5.74, 6) is 0.733. The van der Waals surface area contributed by atoms with Gasteiger partial charge < -0.3 is 10.2 Å². The number of nitrogens with one attached hydrogen (secondary N) is 1. The third-order valence-electron chi connectivity index (χ3n) is 2.65. The van der Waals surface area contributed by atoms with Gasteiger partial charge >= 0.3 is 0 Å². The summed E-state index contributed by atoms with van der Waals surface area (Å²) < 4.78 is 32.1. The highest BCUT2D eigenvalue weighted by Gasteiger charge is 2.20. The first-order valence-electron chi connectivity index (χ1n) is 5.88. The Kier molecular flexibility index (Phi) is 3.92. The number of nitrogen functional groups attached to an aromatic ring is 1. The molecule has 19 heavy (non-hydrogen) atoms. The van der Waals surface area contributed by atoms with E-state index in [-0.39, 0.29) is 16.6 Å². The summed E-state index contributed by atoms with van der Waals surface area (Å²) in [4.78, 5) is 0.0984. The highest BCUT2D eigenvalue weighted by molar-refractivity contribution is 7.89. The second kappa shape index (κ2) is 5.46. The largest absolute Gasteiger partial charge is 0.469 e. The van der Waals surface area contributed by atoms with Crippen molar-refractivity contribution in [3.8, 4) is 0 Å². The van der Waals surface area contributed by atoms with Crippen molar-refractivity contribution in [2.45, 2.75) is 24.3 Å². The van der Waals surface area contributed by atoms with E-state index in [1.807, 2.05) is 6.07 Å². The second-order valence-corrected chi connectivity index (χ2v) is 6.03. The van der Waals surface area contributed by atoms with Crippen LogP contribution < -0.4 is 10.5 Å². The lowest BCUT2D eigenvalue weighted by Crippen LogP contribution is -2.34. The number of anilines is 1. The maximum absolute atomic E-state index is 12.2. The van der Waals surface area contributed by atoms with Crippen LogP contribution in [0.15, 0.2) is 52.0 Å². The van der Waals surface area contributed by atoms with Crippen molar-refractivity contribution >= 4 is 15.7 Å². The molecule has 1 atom stereocenters. The molecule has 5 nitrogen and oxygen atoms in total. The van der Waals surface area contributed by atoms with E-state index in [9.17, 15) is 8.42 Å². The number of hydrogen-bond donors (Lipinski definition) is 2. The standard InChI is InChI=1S/C13H16N2O3S/c1-10(9-11-5-4-8-18-11)15-19(16,17)13-7-3-2-6-12(13)14/h2-8,10,15H,9,14H2,1H3. The van der Waals surface area contributed by atoms with Crippen molar-refractivity contribution in [3.05, 3.63) is 48.4 Å². The van der Waals surface area contributed by atoms with Crippen LogP contribution in [0.2, 0.25) is 0 Å². The number of nitrogens with two attached hydrogens (primary N) is 1. The van der Waals surface area contributed by atoms with Gasteiger partial charge in [-0.2, -0.15) is 0 Å². The summed E-state index contributed by atoms with van der Waals surface area (Å²) in [5, 5.41) is 0. The Bertz CT molecular complexity index is 636. The zero-order valence-corrected chi connectivity index (χ0v) is 11.4.